The number of rotatable bonds is 6. The van der Waals surface area contributed by atoms with Crippen LogP contribution in [0, 0.1) is 5.92 Å². The van der Waals surface area contributed by atoms with Crippen molar-refractivity contribution in [2.75, 3.05) is 5.32 Å². The van der Waals surface area contributed by atoms with Crippen molar-refractivity contribution in [3.63, 3.8) is 0 Å². The Morgan fingerprint density at radius 3 is 2.93 bits per heavy atom. The summed E-state index contributed by atoms with van der Waals surface area (Å²) < 4.78 is 5.50. The van der Waals surface area contributed by atoms with E-state index in [1.54, 1.807) is 6.20 Å². The minimum absolute atomic E-state index is 0.503. The Bertz CT molecular complexity index is 839. The summed E-state index contributed by atoms with van der Waals surface area (Å²) in [7, 11) is 0. The fraction of sp³-hybridized carbons (Fsp3) is 0.600. The number of aliphatic imine (C=N–C) groups is 1. The van der Waals surface area contributed by atoms with E-state index in [1.807, 2.05) is 6.07 Å². The quantitative estimate of drug-likeness (QED) is 0.705. The molecule has 3 N–H and O–H groups in total. The molecule has 1 saturated heterocycles. The van der Waals surface area contributed by atoms with Crippen molar-refractivity contribution in [3.8, 4) is 0 Å². The average molecular weight is 381 g/mol. The number of hydrogen-bond acceptors (Lipinski definition) is 7. The molecule has 2 aromatic heterocycles. The van der Waals surface area contributed by atoms with Crippen LogP contribution < -0.4 is 16.2 Å². The maximum Gasteiger partial charge on any atom is 0.225 e. The van der Waals surface area contributed by atoms with Crippen LogP contribution in [-0.4, -0.2) is 27.0 Å². The fourth-order valence-electron chi connectivity index (χ4n) is 4.15. The molecule has 8 heteroatoms. The summed E-state index contributed by atoms with van der Waals surface area (Å²) in [6.45, 7) is 0.517. The fourth-order valence-corrected chi connectivity index (χ4v) is 4.15. The number of nitrogens with one attached hydrogen (secondary N) is 3. The molecule has 1 unspecified atom stereocenters. The van der Waals surface area contributed by atoms with E-state index in [0.717, 1.165) is 29.6 Å². The number of amidine groups is 1. The third kappa shape index (κ3) is 4.16. The lowest BCUT2D eigenvalue weighted by Crippen LogP contribution is -2.32. The summed E-state index contributed by atoms with van der Waals surface area (Å²) in [6.07, 6.45) is 11.7. The molecule has 1 aliphatic heterocycles. The van der Waals surface area contributed by atoms with Gasteiger partial charge in [-0.15, -0.1) is 0 Å². The molecular formula is C20H27N7O. The molecule has 0 bridgehead atoms. The van der Waals surface area contributed by atoms with Crippen LogP contribution in [0.25, 0.3) is 0 Å². The second kappa shape index (κ2) is 7.87. The molecule has 1 atom stereocenters. The Balaban J connectivity index is 1.18. The highest BCUT2D eigenvalue weighted by atomic mass is 16.5. The topological polar surface area (TPSA) is 100 Å². The molecule has 8 nitrogen and oxygen atoms in total. The zero-order valence-electron chi connectivity index (χ0n) is 16.0. The van der Waals surface area contributed by atoms with Gasteiger partial charge < -0.3 is 15.3 Å². The molecule has 2 aliphatic carbocycles. The van der Waals surface area contributed by atoms with Crippen molar-refractivity contribution in [2.45, 2.75) is 69.9 Å². The summed E-state index contributed by atoms with van der Waals surface area (Å²) in [5.74, 6) is 4.29. The minimum atomic E-state index is 0.503. The summed E-state index contributed by atoms with van der Waals surface area (Å²) in [4.78, 5) is 13.4. The van der Waals surface area contributed by atoms with E-state index < -0.39 is 0 Å². The Kier molecular flexibility index (Phi) is 4.95. The van der Waals surface area contributed by atoms with Crippen molar-refractivity contribution in [1.82, 2.24) is 26.0 Å². The minimum Gasteiger partial charge on any atom is -0.359 e. The number of anilines is 1. The Hall–Kier alpha value is -2.48. The van der Waals surface area contributed by atoms with Crippen molar-refractivity contribution in [2.24, 2.45) is 10.9 Å². The number of aromatic nitrogens is 3. The zero-order chi connectivity index (χ0) is 18.8. The second-order valence-corrected chi connectivity index (χ2v) is 8.12. The lowest BCUT2D eigenvalue weighted by molar-refractivity contribution is 0.361. The maximum absolute atomic E-state index is 5.50. The summed E-state index contributed by atoms with van der Waals surface area (Å²) in [5.41, 5.74) is 7.59. The summed E-state index contributed by atoms with van der Waals surface area (Å²) in [6, 6.07) is 4.39. The molecule has 28 heavy (non-hydrogen) atoms. The van der Waals surface area contributed by atoms with Gasteiger partial charge in [-0.3, -0.25) is 0 Å². The standard InChI is InChI=1S/C20H27N7O/c1-2-4-13(5-3-1)17-10-15(28-27-17)12-22-20-21-9-8-18(24-20)23-19-11-16(25-26-19)14-6-7-14/h8-10,13-14,16,25H,1-7,11-12H2,(H2,21,22,23,24,26). The van der Waals surface area contributed by atoms with E-state index in [4.69, 9.17) is 4.52 Å². The predicted octanol–water partition coefficient (Wildman–Crippen LogP) is 3.43. The van der Waals surface area contributed by atoms with Gasteiger partial charge in [-0.05, 0) is 31.6 Å². The first-order valence-corrected chi connectivity index (χ1v) is 10.4. The van der Waals surface area contributed by atoms with Crippen molar-refractivity contribution >= 4 is 17.6 Å². The molecule has 5 rings (SSSR count). The maximum atomic E-state index is 5.50. The molecule has 3 heterocycles. The summed E-state index contributed by atoms with van der Waals surface area (Å²) >= 11 is 0. The van der Waals surface area contributed by atoms with Crippen LogP contribution >= 0.6 is 0 Å². The van der Waals surface area contributed by atoms with E-state index >= 15 is 0 Å². The van der Waals surface area contributed by atoms with Gasteiger partial charge >= 0.3 is 0 Å². The van der Waals surface area contributed by atoms with Crippen LogP contribution in [0.15, 0.2) is 27.8 Å². The van der Waals surface area contributed by atoms with Gasteiger partial charge in [0.25, 0.3) is 0 Å². The van der Waals surface area contributed by atoms with Gasteiger partial charge in [0.15, 0.2) is 11.6 Å². The molecule has 0 spiro atoms. The van der Waals surface area contributed by atoms with Gasteiger partial charge in [0.05, 0.1) is 12.2 Å². The number of nitrogens with zero attached hydrogens (tertiary/aromatic N) is 4. The molecule has 0 aromatic carbocycles. The van der Waals surface area contributed by atoms with E-state index in [9.17, 15) is 0 Å². The SMILES string of the molecule is c1cc(N=C2CC(C3CC3)NN2)nc(NCc2cc(C3CCCCC3)no2)n1. The molecule has 2 saturated carbocycles. The third-order valence-electron chi connectivity index (χ3n) is 5.92. The highest BCUT2D eigenvalue weighted by Crippen LogP contribution is 2.35. The van der Waals surface area contributed by atoms with Crippen LogP contribution in [0.2, 0.25) is 0 Å². The van der Waals surface area contributed by atoms with Gasteiger partial charge in [-0.25, -0.2) is 15.4 Å². The zero-order valence-corrected chi connectivity index (χ0v) is 16.0. The van der Waals surface area contributed by atoms with Crippen LogP contribution in [0.5, 0.6) is 0 Å². The van der Waals surface area contributed by atoms with Gasteiger partial charge in [0, 0.05) is 36.7 Å². The van der Waals surface area contributed by atoms with Crippen LogP contribution in [0.3, 0.4) is 0 Å². The van der Waals surface area contributed by atoms with Crippen molar-refractivity contribution in [3.05, 3.63) is 29.8 Å². The van der Waals surface area contributed by atoms with E-state index in [2.05, 4.69) is 42.4 Å². The van der Waals surface area contributed by atoms with Gasteiger partial charge in [-0.1, -0.05) is 24.4 Å². The first-order valence-electron chi connectivity index (χ1n) is 10.4. The van der Waals surface area contributed by atoms with Crippen LogP contribution in [0.4, 0.5) is 11.8 Å². The molecule has 0 radical (unpaired) electrons. The highest BCUT2D eigenvalue weighted by Gasteiger charge is 2.35. The monoisotopic (exact) mass is 381 g/mol. The lowest BCUT2D eigenvalue weighted by atomic mass is 9.87. The molecule has 2 aromatic rings. The van der Waals surface area contributed by atoms with Crippen LogP contribution in [-0.2, 0) is 6.54 Å². The Morgan fingerprint density at radius 2 is 2.07 bits per heavy atom. The van der Waals surface area contributed by atoms with Gasteiger partial charge in [-0.2, -0.15) is 4.98 Å². The summed E-state index contributed by atoms with van der Waals surface area (Å²) in [5, 5.41) is 7.49. The molecule has 148 valence electrons. The predicted molar refractivity (Wildman–Crippen MR) is 106 cm³/mol. The normalized spacial score (nSPS) is 24.4. The molecule has 3 aliphatic rings. The third-order valence-corrected chi connectivity index (χ3v) is 5.92. The molecular weight excluding hydrogens is 354 g/mol. The van der Waals surface area contributed by atoms with E-state index in [-0.39, 0.29) is 0 Å². The van der Waals surface area contributed by atoms with Crippen LogP contribution in [0.1, 0.15) is 68.7 Å². The van der Waals surface area contributed by atoms with E-state index in [1.165, 1.54) is 44.9 Å². The first-order chi connectivity index (χ1) is 13.8. The van der Waals surface area contributed by atoms with Gasteiger partial charge in [0.2, 0.25) is 5.95 Å². The van der Waals surface area contributed by atoms with E-state index in [0.29, 0.717) is 30.3 Å². The lowest BCUT2D eigenvalue weighted by Gasteiger charge is -2.18. The first kappa shape index (κ1) is 17.6. The van der Waals surface area contributed by atoms with Crippen molar-refractivity contribution < 1.29 is 4.52 Å². The largest absolute Gasteiger partial charge is 0.359 e. The number of hydrazine groups is 1. The Labute approximate surface area is 164 Å². The smallest absolute Gasteiger partial charge is 0.225 e. The average Bonchev–Trinajstić information content (AvgIpc) is 3.29. The number of hydrogen-bond donors (Lipinski definition) is 3. The van der Waals surface area contributed by atoms with Crippen molar-refractivity contribution in [1.29, 1.82) is 0 Å². The van der Waals surface area contributed by atoms with Gasteiger partial charge in [0.1, 0.15) is 5.84 Å². The molecule has 0 amide bonds. The highest BCUT2D eigenvalue weighted by molar-refractivity contribution is 5.86. The Morgan fingerprint density at radius 1 is 1.18 bits per heavy atom. The molecule has 3 fully saturated rings. The second-order valence-electron chi connectivity index (χ2n) is 8.12.